The van der Waals surface area contributed by atoms with Crippen molar-refractivity contribution in [3.05, 3.63) is 57.9 Å². The third-order valence-electron chi connectivity index (χ3n) is 8.98. The predicted octanol–water partition coefficient (Wildman–Crippen LogP) is 8.99. The first-order valence-electron chi connectivity index (χ1n) is 14.6. The van der Waals surface area contributed by atoms with Crippen molar-refractivity contribution in [2.24, 2.45) is 28.1 Å². The zero-order valence-corrected chi connectivity index (χ0v) is 26.4. The van der Waals surface area contributed by atoms with Crippen LogP contribution in [0.5, 0.6) is 0 Å². The maximum Gasteiger partial charge on any atom is 0.184 e. The predicted molar refractivity (Wildman–Crippen MR) is 161 cm³/mol. The van der Waals surface area contributed by atoms with Gasteiger partial charge < -0.3 is 5.11 Å². The molecule has 1 saturated carbocycles. The Morgan fingerprint density at radius 3 is 1.92 bits per heavy atom. The van der Waals surface area contributed by atoms with Gasteiger partial charge in [-0.05, 0) is 105 Å². The summed E-state index contributed by atoms with van der Waals surface area (Å²) in [5, 5.41) is 11.9. The van der Waals surface area contributed by atoms with Crippen molar-refractivity contribution in [2.75, 3.05) is 0 Å². The number of hydrogen-bond acceptors (Lipinski definition) is 4. The van der Waals surface area contributed by atoms with Crippen LogP contribution in [0, 0.1) is 28.1 Å². The van der Waals surface area contributed by atoms with E-state index in [9.17, 15) is 19.5 Å². The Hall–Kier alpha value is -2.49. The van der Waals surface area contributed by atoms with Crippen LogP contribution < -0.4 is 0 Å². The minimum atomic E-state index is -1.83. The van der Waals surface area contributed by atoms with Crippen LogP contribution in [0.1, 0.15) is 115 Å². The van der Waals surface area contributed by atoms with E-state index < -0.39 is 27.9 Å². The van der Waals surface area contributed by atoms with Gasteiger partial charge in [0, 0.05) is 11.5 Å². The van der Waals surface area contributed by atoms with E-state index in [0.717, 1.165) is 16.7 Å². The molecule has 39 heavy (non-hydrogen) atoms. The number of carbonyl (C=O) groups excluding carboxylic acids is 3. The summed E-state index contributed by atoms with van der Waals surface area (Å²) in [5.41, 5.74) is 0.583. The molecule has 0 radical (unpaired) electrons. The second kappa shape index (κ2) is 12.4. The second-order valence-corrected chi connectivity index (χ2v) is 13.5. The van der Waals surface area contributed by atoms with E-state index in [2.05, 4.69) is 12.2 Å². The smallest absolute Gasteiger partial charge is 0.184 e. The molecule has 216 valence electrons. The number of carbonyl (C=O) groups is 3. The molecule has 4 nitrogen and oxygen atoms in total. The molecule has 0 amide bonds. The lowest BCUT2D eigenvalue weighted by molar-refractivity contribution is -0.180. The van der Waals surface area contributed by atoms with E-state index in [1.54, 1.807) is 13.8 Å². The summed E-state index contributed by atoms with van der Waals surface area (Å²) < 4.78 is 0. The Balaban J connectivity index is 3.09. The van der Waals surface area contributed by atoms with Crippen LogP contribution in [0.3, 0.4) is 0 Å². The molecule has 1 N–H and O–H groups in total. The normalized spacial score (nSPS) is 28.3. The highest BCUT2D eigenvalue weighted by atomic mass is 16.3. The molecule has 0 unspecified atom stereocenters. The fraction of sp³-hybridized carbons (Fsp3) is 0.629. The molecule has 2 aliphatic carbocycles. The lowest BCUT2D eigenvalue weighted by Crippen LogP contribution is -2.71. The Labute approximate surface area is 237 Å². The van der Waals surface area contributed by atoms with Crippen molar-refractivity contribution in [3.63, 3.8) is 0 Å². The molecule has 0 saturated heterocycles. The van der Waals surface area contributed by atoms with Gasteiger partial charge in [0.1, 0.15) is 5.76 Å². The average molecular weight is 537 g/mol. The second-order valence-electron chi connectivity index (χ2n) is 13.5. The van der Waals surface area contributed by atoms with Gasteiger partial charge in [0.05, 0.1) is 5.41 Å². The zero-order valence-electron chi connectivity index (χ0n) is 26.4. The van der Waals surface area contributed by atoms with Crippen LogP contribution in [-0.2, 0) is 14.4 Å². The quantitative estimate of drug-likeness (QED) is 0.211. The zero-order chi connectivity index (χ0) is 29.9. The lowest BCUT2D eigenvalue weighted by atomic mass is 9.38. The topological polar surface area (TPSA) is 71.4 Å². The minimum absolute atomic E-state index is 0.117. The number of aliphatic hydroxyl groups is 1. The van der Waals surface area contributed by atoms with Gasteiger partial charge in [-0.1, -0.05) is 67.4 Å². The highest BCUT2D eigenvalue weighted by molar-refractivity contribution is 6.33. The molecule has 4 atom stereocenters. The molecule has 2 rings (SSSR count). The first-order chi connectivity index (χ1) is 18.0. The van der Waals surface area contributed by atoms with Gasteiger partial charge in [0.15, 0.2) is 22.8 Å². The van der Waals surface area contributed by atoms with Crippen molar-refractivity contribution in [3.8, 4) is 0 Å². The summed E-state index contributed by atoms with van der Waals surface area (Å²) >= 11 is 0. The Morgan fingerprint density at radius 2 is 1.44 bits per heavy atom. The van der Waals surface area contributed by atoms with Crippen molar-refractivity contribution < 1.29 is 19.5 Å². The van der Waals surface area contributed by atoms with E-state index in [1.165, 1.54) is 5.57 Å². The Kier molecular flexibility index (Phi) is 10.4. The monoisotopic (exact) mass is 536 g/mol. The van der Waals surface area contributed by atoms with Gasteiger partial charge in [-0.15, -0.1) is 0 Å². The van der Waals surface area contributed by atoms with E-state index >= 15 is 0 Å². The molecule has 0 spiro atoms. The van der Waals surface area contributed by atoms with Crippen molar-refractivity contribution in [2.45, 2.75) is 115 Å². The van der Waals surface area contributed by atoms with Crippen LogP contribution >= 0.6 is 0 Å². The SMILES string of the molecule is CC(C)=CCC[C@]1(C)[C@H](CC=C(C)C)C[C@@]2(CC=C(C)C)C(=O)[C@]1(C(=O)C(C)C)C(=O)C(CC=C(C)C)=C2O. The van der Waals surface area contributed by atoms with Gasteiger partial charge in [0.25, 0.3) is 0 Å². The molecule has 0 aromatic rings. The number of aliphatic hydroxyl groups excluding tert-OH is 1. The maximum atomic E-state index is 15.0. The van der Waals surface area contributed by atoms with Crippen molar-refractivity contribution >= 4 is 17.3 Å². The third-order valence-corrected chi connectivity index (χ3v) is 8.98. The minimum Gasteiger partial charge on any atom is -0.511 e. The number of fused-ring (bicyclic) bond motifs is 2. The number of rotatable bonds is 11. The highest BCUT2D eigenvalue weighted by Gasteiger charge is 2.75. The average Bonchev–Trinajstić information content (AvgIpc) is 2.81. The summed E-state index contributed by atoms with van der Waals surface area (Å²) in [4.78, 5) is 44.3. The van der Waals surface area contributed by atoms with Crippen LogP contribution in [0.25, 0.3) is 0 Å². The molecule has 1 fully saturated rings. The molecular formula is C35H52O4. The first-order valence-corrected chi connectivity index (χ1v) is 14.6. The van der Waals surface area contributed by atoms with E-state index in [-0.39, 0.29) is 41.7 Å². The summed E-state index contributed by atoms with van der Waals surface area (Å²) in [6.45, 7) is 21.6. The molecule has 0 heterocycles. The molecular weight excluding hydrogens is 484 g/mol. The van der Waals surface area contributed by atoms with Crippen LogP contribution in [0.15, 0.2) is 57.9 Å². The summed E-state index contributed by atoms with van der Waals surface area (Å²) in [7, 11) is 0. The van der Waals surface area contributed by atoms with Crippen LogP contribution in [0.2, 0.25) is 0 Å². The molecule has 2 aliphatic rings. The first kappa shape index (κ1) is 32.7. The molecule has 0 aliphatic heterocycles. The standard InChI is InChI=1S/C35H52O4/c1-22(2)13-12-19-33(11)27(16-14-23(3)4)21-34(20-18-25(7)8)30(37)28(17-15-24(5)6)31(38)35(33,32(34)39)29(36)26(9)10/h13-15,18,26-27,37H,12,16-17,19-21H2,1-11H3/t27-,33-,34-,35+/m1/s1. The lowest BCUT2D eigenvalue weighted by Gasteiger charge is -2.61. The number of ketones is 3. The summed E-state index contributed by atoms with van der Waals surface area (Å²) in [6.07, 6.45) is 11.0. The van der Waals surface area contributed by atoms with Crippen molar-refractivity contribution in [1.82, 2.24) is 0 Å². The van der Waals surface area contributed by atoms with Gasteiger partial charge >= 0.3 is 0 Å². The molecule has 0 aromatic carbocycles. The number of hydrogen-bond donors (Lipinski definition) is 1. The molecule has 0 aromatic heterocycles. The third kappa shape index (κ3) is 5.86. The molecule has 4 heteroatoms. The van der Waals surface area contributed by atoms with E-state index in [1.807, 2.05) is 74.5 Å². The van der Waals surface area contributed by atoms with Crippen LogP contribution in [0.4, 0.5) is 0 Å². The summed E-state index contributed by atoms with van der Waals surface area (Å²) in [5.74, 6) is -1.93. The van der Waals surface area contributed by atoms with Gasteiger partial charge in [-0.3, -0.25) is 14.4 Å². The van der Waals surface area contributed by atoms with E-state index in [0.29, 0.717) is 25.7 Å². The number of Topliss-reactive ketones (excluding diaryl/α,β-unsaturated/α-hetero) is 3. The maximum absolute atomic E-state index is 15.0. The van der Waals surface area contributed by atoms with Gasteiger partial charge in [-0.2, -0.15) is 0 Å². The number of allylic oxidation sites excluding steroid dienone is 10. The van der Waals surface area contributed by atoms with Crippen LogP contribution in [-0.4, -0.2) is 22.5 Å². The summed E-state index contributed by atoms with van der Waals surface area (Å²) in [6, 6.07) is 0. The van der Waals surface area contributed by atoms with Crippen molar-refractivity contribution in [1.29, 1.82) is 0 Å². The Bertz CT molecular complexity index is 1140. The fourth-order valence-electron chi connectivity index (χ4n) is 6.71. The van der Waals surface area contributed by atoms with Gasteiger partial charge in [0.2, 0.25) is 0 Å². The highest BCUT2D eigenvalue weighted by Crippen LogP contribution is 2.67. The van der Waals surface area contributed by atoms with Gasteiger partial charge in [-0.25, -0.2) is 0 Å². The largest absolute Gasteiger partial charge is 0.511 e. The van der Waals surface area contributed by atoms with E-state index in [4.69, 9.17) is 0 Å². The Morgan fingerprint density at radius 1 is 0.897 bits per heavy atom. The molecule has 2 bridgehead atoms. The fourth-order valence-corrected chi connectivity index (χ4v) is 6.71.